The second kappa shape index (κ2) is 8.05. The number of aromatic nitrogens is 2. The van der Waals surface area contributed by atoms with Crippen LogP contribution in [0.1, 0.15) is 22.2 Å². The molecule has 4 aromatic rings. The van der Waals surface area contributed by atoms with E-state index < -0.39 is 0 Å². The van der Waals surface area contributed by atoms with Crippen LogP contribution < -0.4 is 10.1 Å². The molecule has 1 N–H and O–H groups in total. The molecule has 0 aliphatic heterocycles. The molecule has 0 saturated carbocycles. The first-order valence-corrected chi connectivity index (χ1v) is 10.1. The van der Waals surface area contributed by atoms with Gasteiger partial charge in [-0.3, -0.25) is 9.48 Å². The van der Waals surface area contributed by atoms with Crippen molar-refractivity contribution in [2.45, 2.75) is 13.5 Å². The molecule has 2 heterocycles. The molecule has 2 aromatic heterocycles. The Morgan fingerprint density at radius 2 is 1.97 bits per heavy atom. The van der Waals surface area contributed by atoms with Gasteiger partial charge in [0.1, 0.15) is 22.1 Å². The lowest BCUT2D eigenvalue weighted by molar-refractivity contribution is 0.0955. The van der Waals surface area contributed by atoms with Crippen molar-refractivity contribution in [3.8, 4) is 17.0 Å². The fraction of sp³-hybridized carbons (Fsp3) is 0.182. The van der Waals surface area contributed by atoms with E-state index >= 15 is 0 Å². The molecule has 7 heteroatoms. The molecule has 0 bridgehead atoms. The highest BCUT2D eigenvalue weighted by molar-refractivity contribution is 7.20. The van der Waals surface area contributed by atoms with Gasteiger partial charge >= 0.3 is 0 Å². The molecule has 0 saturated heterocycles. The quantitative estimate of drug-likeness (QED) is 0.499. The number of ether oxygens (including phenoxy) is 1. The number of carbonyl (C=O) groups is 1. The predicted octanol–water partition coefficient (Wildman–Crippen LogP) is 4.77. The monoisotopic (exact) mass is 409 g/mol. The van der Waals surface area contributed by atoms with E-state index in [4.69, 9.17) is 4.74 Å². The summed E-state index contributed by atoms with van der Waals surface area (Å²) in [6.07, 6.45) is 0. The van der Waals surface area contributed by atoms with Crippen molar-refractivity contribution in [3.63, 3.8) is 0 Å². The summed E-state index contributed by atoms with van der Waals surface area (Å²) in [7, 11) is 1.80. The highest BCUT2D eigenvalue weighted by Gasteiger charge is 2.19. The normalized spacial score (nSPS) is 11.0. The molecule has 4 rings (SSSR count). The highest BCUT2D eigenvalue weighted by Crippen LogP contribution is 2.34. The highest BCUT2D eigenvalue weighted by atomic mass is 32.1. The molecule has 0 radical (unpaired) electrons. The van der Waals surface area contributed by atoms with Crippen LogP contribution in [0.25, 0.3) is 21.5 Å². The van der Waals surface area contributed by atoms with E-state index in [1.165, 1.54) is 17.4 Å². The number of fused-ring (bicyclic) bond motifs is 1. The van der Waals surface area contributed by atoms with Gasteiger partial charge in [0.15, 0.2) is 0 Å². The summed E-state index contributed by atoms with van der Waals surface area (Å²) < 4.78 is 21.3. The van der Waals surface area contributed by atoms with Gasteiger partial charge in [-0.2, -0.15) is 5.10 Å². The molecular weight excluding hydrogens is 389 g/mol. The van der Waals surface area contributed by atoms with Crippen LogP contribution in [0.3, 0.4) is 0 Å². The van der Waals surface area contributed by atoms with Crippen LogP contribution in [0.5, 0.6) is 5.75 Å². The van der Waals surface area contributed by atoms with Crippen molar-refractivity contribution in [1.29, 1.82) is 0 Å². The summed E-state index contributed by atoms with van der Waals surface area (Å²) in [4.78, 5) is 14.0. The number of nitrogens with zero attached hydrogens (tertiary/aromatic N) is 2. The molecular formula is C22H20FN3O2S. The van der Waals surface area contributed by atoms with E-state index in [0.29, 0.717) is 29.3 Å². The van der Waals surface area contributed by atoms with Crippen molar-refractivity contribution in [3.05, 3.63) is 70.9 Å². The topological polar surface area (TPSA) is 56.1 Å². The Kier molecular flexibility index (Phi) is 5.31. The maximum absolute atomic E-state index is 14.2. The van der Waals surface area contributed by atoms with Gasteiger partial charge in [-0.15, -0.1) is 11.3 Å². The Morgan fingerprint density at radius 3 is 2.69 bits per heavy atom. The first kappa shape index (κ1) is 19.1. The fourth-order valence-electron chi connectivity index (χ4n) is 3.14. The number of aryl methyl sites for hydroxylation is 1. The van der Waals surface area contributed by atoms with Gasteiger partial charge in [-0.1, -0.05) is 24.3 Å². The van der Waals surface area contributed by atoms with E-state index in [-0.39, 0.29) is 11.7 Å². The zero-order chi connectivity index (χ0) is 20.4. The summed E-state index contributed by atoms with van der Waals surface area (Å²) in [5, 5.41) is 8.15. The molecule has 0 aliphatic carbocycles. The van der Waals surface area contributed by atoms with Crippen LogP contribution in [0.2, 0.25) is 0 Å². The maximum atomic E-state index is 14.2. The van der Waals surface area contributed by atoms with Crippen LogP contribution in [-0.4, -0.2) is 22.3 Å². The number of benzene rings is 2. The van der Waals surface area contributed by atoms with Crippen molar-refractivity contribution >= 4 is 27.5 Å². The third-order valence-corrected chi connectivity index (χ3v) is 5.75. The Hall–Kier alpha value is -3.19. The average Bonchev–Trinajstić information content (AvgIpc) is 3.29. The first-order chi connectivity index (χ1) is 14.1. The van der Waals surface area contributed by atoms with E-state index in [9.17, 15) is 9.18 Å². The van der Waals surface area contributed by atoms with Gasteiger partial charge in [-0.05, 0) is 42.8 Å². The minimum absolute atomic E-state index is 0.167. The number of halogens is 1. The number of hydrogen-bond acceptors (Lipinski definition) is 4. The molecule has 0 spiro atoms. The van der Waals surface area contributed by atoms with Crippen LogP contribution in [0.15, 0.2) is 54.6 Å². The first-order valence-electron chi connectivity index (χ1n) is 9.28. The molecule has 1 amide bonds. The number of hydrogen-bond donors (Lipinski definition) is 1. The molecule has 0 fully saturated rings. The van der Waals surface area contributed by atoms with Gasteiger partial charge in [0.05, 0.1) is 11.5 Å². The zero-order valence-electron chi connectivity index (χ0n) is 16.1. The summed E-state index contributed by atoms with van der Waals surface area (Å²) in [5.74, 6) is 0.306. The van der Waals surface area contributed by atoms with Crippen LogP contribution >= 0.6 is 11.3 Å². The summed E-state index contributed by atoms with van der Waals surface area (Å²) in [5.41, 5.74) is 1.95. The van der Waals surface area contributed by atoms with E-state index in [1.807, 2.05) is 31.2 Å². The largest absolute Gasteiger partial charge is 0.494 e. The lowest BCUT2D eigenvalue weighted by Crippen LogP contribution is -2.21. The predicted molar refractivity (Wildman–Crippen MR) is 113 cm³/mol. The SMILES string of the molecule is CCOc1ccc(CNC(=O)c2cc3c(-c4ccccc4F)nn(C)c3s2)cc1. The van der Waals surface area contributed by atoms with Gasteiger partial charge in [0, 0.05) is 24.5 Å². The van der Waals surface area contributed by atoms with Crippen molar-refractivity contribution in [2.75, 3.05) is 6.61 Å². The zero-order valence-corrected chi connectivity index (χ0v) is 16.9. The van der Waals surface area contributed by atoms with Gasteiger partial charge in [0.25, 0.3) is 5.91 Å². The molecule has 0 atom stereocenters. The lowest BCUT2D eigenvalue weighted by Gasteiger charge is -2.06. The third kappa shape index (κ3) is 3.86. The molecule has 0 unspecified atom stereocenters. The van der Waals surface area contributed by atoms with Crippen molar-refractivity contribution in [2.24, 2.45) is 7.05 Å². The second-order valence-electron chi connectivity index (χ2n) is 6.54. The number of thiophene rings is 1. The van der Waals surface area contributed by atoms with Crippen molar-refractivity contribution in [1.82, 2.24) is 15.1 Å². The minimum atomic E-state index is -0.333. The smallest absolute Gasteiger partial charge is 0.261 e. The Labute approximate surface area is 171 Å². The third-order valence-electron chi connectivity index (χ3n) is 4.55. The average molecular weight is 409 g/mol. The van der Waals surface area contributed by atoms with Gasteiger partial charge in [-0.25, -0.2) is 4.39 Å². The molecule has 5 nitrogen and oxygen atoms in total. The molecule has 2 aromatic carbocycles. The number of amides is 1. The summed E-state index contributed by atoms with van der Waals surface area (Å²) >= 11 is 1.34. The Balaban J connectivity index is 1.54. The standard InChI is InChI=1S/C22H20FN3O2S/c1-3-28-15-10-8-14(9-11-15)13-24-21(27)19-12-17-20(25-26(2)22(17)29-19)16-6-4-5-7-18(16)23/h4-12H,3,13H2,1-2H3,(H,24,27). The minimum Gasteiger partial charge on any atom is -0.494 e. The number of nitrogens with one attached hydrogen (secondary N) is 1. The van der Waals surface area contributed by atoms with Crippen LogP contribution in [-0.2, 0) is 13.6 Å². The van der Waals surface area contributed by atoms with E-state index in [1.54, 1.807) is 36.0 Å². The molecule has 0 aliphatic rings. The second-order valence-corrected chi connectivity index (χ2v) is 7.57. The van der Waals surface area contributed by atoms with E-state index in [2.05, 4.69) is 10.4 Å². The van der Waals surface area contributed by atoms with Gasteiger partial charge < -0.3 is 10.1 Å². The van der Waals surface area contributed by atoms with Crippen molar-refractivity contribution < 1.29 is 13.9 Å². The number of rotatable bonds is 6. The molecule has 148 valence electrons. The van der Waals surface area contributed by atoms with Crippen LogP contribution in [0, 0.1) is 5.82 Å². The summed E-state index contributed by atoms with van der Waals surface area (Å²) in [6.45, 7) is 2.97. The number of carbonyl (C=O) groups excluding carboxylic acids is 1. The molecule has 29 heavy (non-hydrogen) atoms. The van der Waals surface area contributed by atoms with E-state index in [0.717, 1.165) is 21.5 Å². The Bertz CT molecular complexity index is 1160. The lowest BCUT2D eigenvalue weighted by atomic mass is 10.1. The van der Waals surface area contributed by atoms with Crippen LogP contribution in [0.4, 0.5) is 4.39 Å². The maximum Gasteiger partial charge on any atom is 0.261 e. The fourth-order valence-corrected chi connectivity index (χ4v) is 4.13. The van der Waals surface area contributed by atoms with Gasteiger partial charge in [0.2, 0.25) is 0 Å². The Morgan fingerprint density at radius 1 is 1.21 bits per heavy atom. The summed E-state index contributed by atoms with van der Waals surface area (Å²) in [6, 6.07) is 15.9.